The molecule has 5 heteroatoms. The van der Waals surface area contributed by atoms with Crippen molar-refractivity contribution in [2.24, 2.45) is 5.73 Å². The second-order valence-corrected chi connectivity index (χ2v) is 3.76. The first-order valence-electron chi connectivity index (χ1n) is 5.18. The summed E-state index contributed by atoms with van der Waals surface area (Å²) in [7, 11) is 0. The number of pyridine rings is 1. The Morgan fingerprint density at radius 3 is 2.41 bits per heavy atom. The lowest BCUT2D eigenvalue weighted by Crippen LogP contribution is -2.09. The third-order valence-electron chi connectivity index (χ3n) is 2.45. The van der Waals surface area contributed by atoms with Crippen LogP contribution in [0.4, 0.5) is 0 Å². The Hall–Kier alpha value is -1.52. The highest BCUT2D eigenvalue weighted by Crippen LogP contribution is 2.17. The lowest BCUT2D eigenvalue weighted by molar-refractivity contribution is 0.790. The van der Waals surface area contributed by atoms with Crippen LogP contribution in [0.1, 0.15) is 24.2 Å². The maximum Gasteiger partial charge on any atom is 0.159 e. The van der Waals surface area contributed by atoms with Crippen LogP contribution < -0.4 is 5.73 Å². The van der Waals surface area contributed by atoms with Gasteiger partial charge in [-0.15, -0.1) is 12.4 Å². The van der Waals surface area contributed by atoms with Crippen LogP contribution in [0.15, 0.2) is 30.7 Å². The summed E-state index contributed by atoms with van der Waals surface area (Å²) in [5.41, 5.74) is 8.69. The Kier molecular flexibility index (Phi) is 4.54. The summed E-state index contributed by atoms with van der Waals surface area (Å²) in [6.07, 6.45) is 5.25. The zero-order valence-electron chi connectivity index (χ0n) is 9.79. The highest BCUT2D eigenvalue weighted by Gasteiger charge is 2.07. The van der Waals surface area contributed by atoms with Gasteiger partial charge in [0.1, 0.15) is 0 Å². The summed E-state index contributed by atoms with van der Waals surface area (Å²) < 4.78 is 0. The van der Waals surface area contributed by atoms with Gasteiger partial charge in [-0.2, -0.15) is 0 Å². The zero-order valence-corrected chi connectivity index (χ0v) is 10.6. The van der Waals surface area contributed by atoms with Crippen molar-refractivity contribution in [3.8, 4) is 11.4 Å². The van der Waals surface area contributed by atoms with E-state index in [2.05, 4.69) is 15.0 Å². The Bertz CT molecular complexity index is 485. The lowest BCUT2D eigenvalue weighted by Gasteiger charge is -2.09. The van der Waals surface area contributed by atoms with Crippen LogP contribution in [0, 0.1) is 6.92 Å². The van der Waals surface area contributed by atoms with Gasteiger partial charge >= 0.3 is 0 Å². The summed E-state index contributed by atoms with van der Waals surface area (Å²) in [5.74, 6) is 0.712. The molecule has 2 rings (SSSR count). The predicted octanol–water partition coefficient (Wildman–Crippen LogP) is 2.29. The molecule has 2 heterocycles. The van der Waals surface area contributed by atoms with E-state index >= 15 is 0 Å². The fourth-order valence-electron chi connectivity index (χ4n) is 1.56. The molecule has 2 N–H and O–H groups in total. The Morgan fingerprint density at radius 1 is 1.24 bits per heavy atom. The van der Waals surface area contributed by atoms with Gasteiger partial charge < -0.3 is 5.73 Å². The summed E-state index contributed by atoms with van der Waals surface area (Å²) in [6, 6.07) is 3.74. The molecule has 0 spiro atoms. The van der Waals surface area contributed by atoms with Crippen LogP contribution in [0.25, 0.3) is 11.4 Å². The topological polar surface area (TPSA) is 64.7 Å². The van der Waals surface area contributed by atoms with E-state index < -0.39 is 0 Å². The molecule has 0 amide bonds. The van der Waals surface area contributed by atoms with Gasteiger partial charge in [0.15, 0.2) is 5.82 Å². The van der Waals surface area contributed by atoms with Gasteiger partial charge in [0.2, 0.25) is 0 Å². The molecular formula is C12H15ClN4. The van der Waals surface area contributed by atoms with Gasteiger partial charge in [-0.3, -0.25) is 4.98 Å². The van der Waals surface area contributed by atoms with Crippen LogP contribution in [0.5, 0.6) is 0 Å². The second kappa shape index (κ2) is 5.70. The van der Waals surface area contributed by atoms with E-state index in [1.165, 1.54) is 0 Å². The fourth-order valence-corrected chi connectivity index (χ4v) is 1.56. The SMILES string of the molecule is Cc1nc(-c2ccncc2)ncc1C(C)N.Cl. The third-order valence-corrected chi connectivity index (χ3v) is 2.45. The molecule has 1 atom stereocenters. The molecule has 1 unspecified atom stereocenters. The first-order valence-corrected chi connectivity index (χ1v) is 5.18. The second-order valence-electron chi connectivity index (χ2n) is 3.76. The molecule has 0 saturated heterocycles. The molecule has 17 heavy (non-hydrogen) atoms. The van der Waals surface area contributed by atoms with Crippen LogP contribution in [0.3, 0.4) is 0 Å². The molecule has 0 aliphatic rings. The van der Waals surface area contributed by atoms with Crippen molar-refractivity contribution in [1.29, 1.82) is 0 Å². The van der Waals surface area contributed by atoms with E-state index in [9.17, 15) is 0 Å². The molecule has 90 valence electrons. The number of nitrogens with two attached hydrogens (primary N) is 1. The first kappa shape index (κ1) is 13.5. The average Bonchev–Trinajstić information content (AvgIpc) is 2.29. The lowest BCUT2D eigenvalue weighted by atomic mass is 10.1. The quantitative estimate of drug-likeness (QED) is 0.888. The van der Waals surface area contributed by atoms with Crippen LogP contribution >= 0.6 is 12.4 Å². The molecule has 4 nitrogen and oxygen atoms in total. The molecular weight excluding hydrogens is 236 g/mol. The smallest absolute Gasteiger partial charge is 0.159 e. The zero-order chi connectivity index (χ0) is 11.5. The molecule has 2 aromatic rings. The number of rotatable bonds is 2. The van der Waals surface area contributed by atoms with Gasteiger partial charge in [-0.05, 0) is 26.0 Å². The number of hydrogen-bond donors (Lipinski definition) is 1. The number of aromatic nitrogens is 3. The van der Waals surface area contributed by atoms with Gasteiger partial charge in [0.05, 0.1) is 0 Å². The number of hydrogen-bond acceptors (Lipinski definition) is 4. The third kappa shape index (κ3) is 2.99. The van der Waals surface area contributed by atoms with E-state index in [-0.39, 0.29) is 18.4 Å². The van der Waals surface area contributed by atoms with Crippen LogP contribution in [-0.4, -0.2) is 15.0 Å². The largest absolute Gasteiger partial charge is 0.324 e. The standard InChI is InChI=1S/C12H14N4.ClH/c1-8(13)11-7-15-12(16-9(11)2)10-3-5-14-6-4-10;/h3-8H,13H2,1-2H3;1H. The van der Waals surface area contributed by atoms with Crippen molar-refractivity contribution in [3.63, 3.8) is 0 Å². The molecule has 0 aromatic carbocycles. The Morgan fingerprint density at radius 2 is 1.88 bits per heavy atom. The van der Waals surface area contributed by atoms with Gasteiger partial charge in [0, 0.05) is 41.5 Å². The highest BCUT2D eigenvalue weighted by atomic mass is 35.5. The molecule has 0 radical (unpaired) electrons. The number of aryl methyl sites for hydroxylation is 1. The van der Waals surface area contributed by atoms with Crippen molar-refractivity contribution in [2.75, 3.05) is 0 Å². The van der Waals surface area contributed by atoms with E-state index in [1.54, 1.807) is 18.6 Å². The van der Waals surface area contributed by atoms with Crippen molar-refractivity contribution >= 4 is 12.4 Å². The normalized spacial score (nSPS) is 11.7. The fraction of sp³-hybridized carbons (Fsp3) is 0.250. The average molecular weight is 251 g/mol. The van der Waals surface area contributed by atoms with Gasteiger partial charge in [-0.25, -0.2) is 9.97 Å². The predicted molar refractivity (Wildman–Crippen MR) is 69.9 cm³/mol. The Balaban J connectivity index is 0.00000144. The molecule has 0 fully saturated rings. The minimum Gasteiger partial charge on any atom is -0.324 e. The highest BCUT2D eigenvalue weighted by molar-refractivity contribution is 5.85. The molecule has 2 aromatic heterocycles. The summed E-state index contributed by atoms with van der Waals surface area (Å²) >= 11 is 0. The van der Waals surface area contributed by atoms with Crippen molar-refractivity contribution in [1.82, 2.24) is 15.0 Å². The minimum absolute atomic E-state index is 0. The molecule has 0 saturated carbocycles. The van der Waals surface area contributed by atoms with E-state index in [1.807, 2.05) is 26.0 Å². The number of nitrogens with zero attached hydrogens (tertiary/aromatic N) is 3. The van der Waals surface area contributed by atoms with E-state index in [0.717, 1.165) is 16.8 Å². The maximum atomic E-state index is 5.81. The van der Waals surface area contributed by atoms with Crippen LogP contribution in [0.2, 0.25) is 0 Å². The summed E-state index contributed by atoms with van der Waals surface area (Å²) in [6.45, 7) is 3.88. The molecule has 0 aliphatic carbocycles. The first-order chi connectivity index (χ1) is 7.68. The van der Waals surface area contributed by atoms with Crippen molar-refractivity contribution in [2.45, 2.75) is 19.9 Å². The van der Waals surface area contributed by atoms with Gasteiger partial charge in [-0.1, -0.05) is 0 Å². The van der Waals surface area contributed by atoms with Crippen LogP contribution in [-0.2, 0) is 0 Å². The molecule has 0 bridgehead atoms. The Labute approximate surface area is 107 Å². The summed E-state index contributed by atoms with van der Waals surface area (Å²) in [5, 5.41) is 0. The van der Waals surface area contributed by atoms with Crippen molar-refractivity contribution in [3.05, 3.63) is 42.0 Å². The minimum atomic E-state index is -0.0357. The van der Waals surface area contributed by atoms with E-state index in [4.69, 9.17) is 5.73 Å². The molecule has 0 aliphatic heterocycles. The van der Waals surface area contributed by atoms with Crippen molar-refractivity contribution < 1.29 is 0 Å². The summed E-state index contributed by atoms with van der Waals surface area (Å²) in [4.78, 5) is 12.7. The monoisotopic (exact) mass is 250 g/mol. The number of halogens is 1. The van der Waals surface area contributed by atoms with E-state index in [0.29, 0.717) is 5.82 Å². The van der Waals surface area contributed by atoms with Gasteiger partial charge in [0.25, 0.3) is 0 Å². The maximum absolute atomic E-state index is 5.81.